The maximum atomic E-state index is 13.0. The molecule has 3 aromatic rings. The summed E-state index contributed by atoms with van der Waals surface area (Å²) in [6.07, 6.45) is 2.56. The quantitative estimate of drug-likeness (QED) is 0.269. The Morgan fingerprint density at radius 3 is 2.29 bits per heavy atom. The minimum Gasteiger partial charge on any atom is -0.364 e. The SMILES string of the molecule is CC(C)(C)CC(C)(C)Nc1c(C(C)(C)C)[nH]c2c(C(=O)NCNCc3ccc(F)cc3)cnn12. The van der Waals surface area contributed by atoms with Crippen molar-refractivity contribution < 1.29 is 9.18 Å². The average molecular weight is 471 g/mol. The van der Waals surface area contributed by atoms with Gasteiger partial charge in [-0.15, -0.1) is 0 Å². The van der Waals surface area contributed by atoms with E-state index < -0.39 is 0 Å². The normalized spacial score (nSPS) is 12.9. The highest BCUT2D eigenvalue weighted by atomic mass is 19.1. The highest BCUT2D eigenvalue weighted by Gasteiger charge is 2.31. The number of benzene rings is 1. The van der Waals surface area contributed by atoms with Crippen molar-refractivity contribution >= 4 is 17.4 Å². The van der Waals surface area contributed by atoms with E-state index in [0.717, 1.165) is 23.5 Å². The van der Waals surface area contributed by atoms with Crippen LogP contribution in [0.25, 0.3) is 5.65 Å². The van der Waals surface area contributed by atoms with Gasteiger partial charge >= 0.3 is 0 Å². The first-order valence-corrected chi connectivity index (χ1v) is 11.8. The summed E-state index contributed by atoms with van der Waals surface area (Å²) in [5.74, 6) is 0.396. The van der Waals surface area contributed by atoms with E-state index >= 15 is 0 Å². The van der Waals surface area contributed by atoms with E-state index in [4.69, 9.17) is 0 Å². The van der Waals surface area contributed by atoms with Crippen LogP contribution in [0.5, 0.6) is 0 Å². The molecule has 186 valence electrons. The molecular weight excluding hydrogens is 431 g/mol. The molecule has 0 saturated heterocycles. The minimum absolute atomic E-state index is 0.157. The molecule has 4 N–H and O–H groups in total. The van der Waals surface area contributed by atoms with Gasteiger partial charge in [0, 0.05) is 17.5 Å². The number of hydrogen-bond donors (Lipinski definition) is 4. The Morgan fingerprint density at radius 2 is 1.71 bits per heavy atom. The molecule has 2 aromatic heterocycles. The number of carbonyl (C=O) groups is 1. The van der Waals surface area contributed by atoms with Gasteiger partial charge in [-0.1, -0.05) is 53.7 Å². The number of fused-ring (bicyclic) bond motifs is 1. The largest absolute Gasteiger partial charge is 0.364 e. The number of halogens is 1. The van der Waals surface area contributed by atoms with Gasteiger partial charge < -0.3 is 15.6 Å². The number of nitrogens with one attached hydrogen (secondary N) is 4. The van der Waals surface area contributed by atoms with Gasteiger partial charge in [0.15, 0.2) is 0 Å². The predicted octanol–water partition coefficient (Wildman–Crippen LogP) is 5.20. The molecule has 2 heterocycles. The summed E-state index contributed by atoms with van der Waals surface area (Å²) in [6.45, 7) is 18.3. The van der Waals surface area contributed by atoms with Crippen molar-refractivity contribution in [3.05, 3.63) is 53.1 Å². The average Bonchev–Trinajstić information content (AvgIpc) is 3.24. The van der Waals surface area contributed by atoms with Crippen molar-refractivity contribution in [3.8, 4) is 0 Å². The monoisotopic (exact) mass is 470 g/mol. The van der Waals surface area contributed by atoms with Gasteiger partial charge in [0.25, 0.3) is 5.91 Å². The van der Waals surface area contributed by atoms with Crippen LogP contribution in [0.3, 0.4) is 0 Å². The summed E-state index contributed by atoms with van der Waals surface area (Å²) < 4.78 is 14.8. The fourth-order valence-electron chi connectivity index (χ4n) is 4.48. The van der Waals surface area contributed by atoms with E-state index in [9.17, 15) is 9.18 Å². The number of nitrogens with zero attached hydrogens (tertiary/aromatic N) is 2. The van der Waals surface area contributed by atoms with Crippen LogP contribution in [0.15, 0.2) is 30.5 Å². The van der Waals surface area contributed by atoms with Gasteiger partial charge in [-0.05, 0) is 43.4 Å². The molecule has 0 aliphatic carbocycles. The number of carbonyl (C=O) groups excluding carboxylic acids is 1. The number of H-pyrrole nitrogens is 1. The van der Waals surface area contributed by atoms with Crippen LogP contribution < -0.4 is 16.0 Å². The lowest BCUT2D eigenvalue weighted by molar-refractivity contribution is 0.0951. The third-order valence-corrected chi connectivity index (χ3v) is 5.50. The zero-order valence-electron chi connectivity index (χ0n) is 21.7. The van der Waals surface area contributed by atoms with Crippen molar-refractivity contribution in [2.24, 2.45) is 5.41 Å². The van der Waals surface area contributed by atoms with E-state index in [-0.39, 0.29) is 34.8 Å². The van der Waals surface area contributed by atoms with Crippen molar-refractivity contribution in [1.29, 1.82) is 0 Å². The van der Waals surface area contributed by atoms with Crippen LogP contribution >= 0.6 is 0 Å². The molecule has 1 amide bonds. The second-order valence-corrected chi connectivity index (χ2v) is 11.9. The van der Waals surface area contributed by atoms with E-state index in [2.05, 4.69) is 81.4 Å². The van der Waals surface area contributed by atoms with Crippen molar-refractivity contribution in [2.45, 2.75) is 79.3 Å². The molecule has 0 saturated carbocycles. The van der Waals surface area contributed by atoms with Gasteiger partial charge in [-0.25, -0.2) is 4.39 Å². The second-order valence-electron chi connectivity index (χ2n) is 11.9. The van der Waals surface area contributed by atoms with E-state index in [1.54, 1.807) is 22.8 Å². The standard InChI is InChI=1S/C26H39FN6O/c1-24(2,3)15-26(7,8)32-22-20(25(4,5)6)31-21-19(14-30-33(21)22)23(34)29-16-28-13-17-9-11-18(27)12-10-17/h9-12,14,28,31-32H,13,15-16H2,1-8H3,(H,29,34). The Balaban J connectivity index is 1.77. The number of anilines is 1. The number of imidazole rings is 1. The molecule has 0 spiro atoms. The molecule has 34 heavy (non-hydrogen) atoms. The van der Waals surface area contributed by atoms with Crippen LogP contribution in [0, 0.1) is 11.2 Å². The molecule has 0 fully saturated rings. The van der Waals surface area contributed by atoms with Crippen LogP contribution in [-0.4, -0.2) is 32.7 Å². The molecule has 0 unspecified atom stereocenters. The Morgan fingerprint density at radius 1 is 1.06 bits per heavy atom. The Hall–Kier alpha value is -2.87. The van der Waals surface area contributed by atoms with Crippen LogP contribution in [0.1, 0.15) is 83.4 Å². The smallest absolute Gasteiger partial charge is 0.257 e. The highest BCUT2D eigenvalue weighted by Crippen LogP contribution is 2.35. The van der Waals surface area contributed by atoms with Crippen LogP contribution in [0.2, 0.25) is 0 Å². The zero-order valence-corrected chi connectivity index (χ0v) is 21.7. The van der Waals surface area contributed by atoms with Crippen molar-refractivity contribution in [2.75, 3.05) is 12.0 Å². The molecule has 0 aliphatic heterocycles. The molecule has 7 nitrogen and oxygen atoms in total. The Kier molecular flexibility index (Phi) is 7.12. The molecule has 8 heteroatoms. The van der Waals surface area contributed by atoms with Crippen molar-refractivity contribution in [1.82, 2.24) is 25.2 Å². The number of amides is 1. The number of hydrogen-bond acceptors (Lipinski definition) is 4. The molecule has 0 radical (unpaired) electrons. The molecule has 3 rings (SSSR count). The van der Waals surface area contributed by atoms with Crippen LogP contribution in [0.4, 0.5) is 10.2 Å². The van der Waals surface area contributed by atoms with E-state index in [1.807, 2.05) is 0 Å². The second kappa shape index (κ2) is 9.41. The lowest BCUT2D eigenvalue weighted by atomic mass is 9.81. The third-order valence-electron chi connectivity index (χ3n) is 5.50. The summed E-state index contributed by atoms with van der Waals surface area (Å²) in [7, 11) is 0. The summed E-state index contributed by atoms with van der Waals surface area (Å²) in [5.41, 5.74) is 2.89. The Bertz CT molecular complexity index is 1130. The predicted molar refractivity (Wildman–Crippen MR) is 136 cm³/mol. The minimum atomic E-state index is -0.265. The number of rotatable bonds is 8. The maximum Gasteiger partial charge on any atom is 0.257 e. The van der Waals surface area contributed by atoms with Gasteiger partial charge in [-0.2, -0.15) is 9.61 Å². The van der Waals surface area contributed by atoms with Gasteiger partial charge in [0.1, 0.15) is 22.8 Å². The lowest BCUT2D eigenvalue weighted by Crippen LogP contribution is -2.36. The summed E-state index contributed by atoms with van der Waals surface area (Å²) in [5, 5.41) is 14.3. The fourth-order valence-corrected chi connectivity index (χ4v) is 4.48. The fraction of sp³-hybridized carbons (Fsp3) is 0.538. The topological polar surface area (TPSA) is 86.2 Å². The summed E-state index contributed by atoms with van der Waals surface area (Å²) >= 11 is 0. The van der Waals surface area contributed by atoms with Gasteiger partial charge in [-0.3, -0.25) is 10.1 Å². The van der Waals surface area contributed by atoms with Crippen LogP contribution in [-0.2, 0) is 12.0 Å². The van der Waals surface area contributed by atoms with Gasteiger partial charge in [0.05, 0.1) is 18.6 Å². The van der Waals surface area contributed by atoms with Crippen molar-refractivity contribution in [3.63, 3.8) is 0 Å². The zero-order chi connectivity index (χ0) is 25.3. The molecule has 0 atom stereocenters. The third kappa shape index (κ3) is 6.38. The van der Waals surface area contributed by atoms with E-state index in [1.165, 1.54) is 12.1 Å². The first-order chi connectivity index (χ1) is 15.7. The molecule has 0 aliphatic rings. The number of aromatic amines is 1. The van der Waals surface area contributed by atoms with Gasteiger partial charge in [0.2, 0.25) is 0 Å². The molecule has 1 aromatic carbocycles. The van der Waals surface area contributed by atoms with E-state index in [0.29, 0.717) is 17.8 Å². The Labute approximate surface area is 201 Å². The first-order valence-electron chi connectivity index (χ1n) is 11.8. The lowest BCUT2D eigenvalue weighted by Gasteiger charge is -2.34. The maximum absolute atomic E-state index is 13.0. The molecule has 0 bridgehead atoms. The first kappa shape index (κ1) is 25.7. The number of aromatic nitrogens is 3. The summed E-state index contributed by atoms with van der Waals surface area (Å²) in [4.78, 5) is 16.4. The summed E-state index contributed by atoms with van der Waals surface area (Å²) in [6, 6.07) is 6.28. The molecular formula is C26H39FN6O. The highest BCUT2D eigenvalue weighted by molar-refractivity contribution is 6.00.